The van der Waals surface area contributed by atoms with Crippen molar-refractivity contribution in [3.63, 3.8) is 0 Å². The third-order valence-electron chi connectivity index (χ3n) is 2.30. The van der Waals surface area contributed by atoms with Gasteiger partial charge in [-0.1, -0.05) is 65.7 Å². The highest BCUT2D eigenvalue weighted by Crippen LogP contribution is 2.03. The van der Waals surface area contributed by atoms with Gasteiger partial charge in [0, 0.05) is 13.2 Å². The van der Waals surface area contributed by atoms with Crippen molar-refractivity contribution in [2.45, 2.75) is 79.1 Å². The van der Waals surface area contributed by atoms with Gasteiger partial charge in [-0.3, -0.25) is 0 Å². The molecule has 0 amide bonds. The zero-order valence-electron chi connectivity index (χ0n) is 11.5. The van der Waals surface area contributed by atoms with Crippen LogP contribution < -0.4 is 0 Å². The van der Waals surface area contributed by atoms with E-state index in [1.165, 1.54) is 51.4 Å². The van der Waals surface area contributed by atoms with Crippen LogP contribution in [0.5, 0.6) is 0 Å². The molecule has 1 heteroatoms. The first-order valence-corrected chi connectivity index (χ1v) is 6.91. The normalized spacial score (nSPS) is 9.60. The first-order chi connectivity index (χ1) is 7.33. The SMILES string of the molecule is CCCCCCCC.CCCCOCC. The van der Waals surface area contributed by atoms with Crippen molar-refractivity contribution in [3.05, 3.63) is 0 Å². The van der Waals surface area contributed by atoms with Gasteiger partial charge in [0.05, 0.1) is 0 Å². The minimum absolute atomic E-state index is 0.861. The minimum Gasteiger partial charge on any atom is -0.382 e. The molecule has 0 aliphatic rings. The number of rotatable bonds is 9. The van der Waals surface area contributed by atoms with Gasteiger partial charge in [0.1, 0.15) is 0 Å². The fourth-order valence-corrected chi connectivity index (χ4v) is 1.24. The molecule has 15 heavy (non-hydrogen) atoms. The molecule has 0 aliphatic heterocycles. The third kappa shape index (κ3) is 24.9. The van der Waals surface area contributed by atoms with Crippen LogP contribution in [0.25, 0.3) is 0 Å². The lowest BCUT2D eigenvalue weighted by Crippen LogP contribution is -1.90. The number of hydrogen-bond acceptors (Lipinski definition) is 1. The quantitative estimate of drug-likeness (QED) is 0.482. The Morgan fingerprint density at radius 3 is 1.40 bits per heavy atom. The summed E-state index contributed by atoms with van der Waals surface area (Å²) in [5.74, 6) is 0. The summed E-state index contributed by atoms with van der Waals surface area (Å²) in [5.41, 5.74) is 0. The minimum atomic E-state index is 0.861. The van der Waals surface area contributed by atoms with E-state index in [0.29, 0.717) is 0 Å². The smallest absolute Gasteiger partial charge is 0.0465 e. The Morgan fingerprint density at radius 2 is 1.07 bits per heavy atom. The molecule has 0 bridgehead atoms. The molecule has 0 atom stereocenters. The summed E-state index contributed by atoms with van der Waals surface area (Å²) >= 11 is 0. The molecule has 0 aromatic heterocycles. The van der Waals surface area contributed by atoms with Gasteiger partial charge in [0.15, 0.2) is 0 Å². The molecule has 0 spiro atoms. The molecule has 0 fully saturated rings. The van der Waals surface area contributed by atoms with Crippen LogP contribution in [0.15, 0.2) is 0 Å². The van der Waals surface area contributed by atoms with E-state index in [1.807, 2.05) is 6.92 Å². The second-order valence-corrected chi connectivity index (χ2v) is 3.96. The molecule has 1 nitrogen and oxygen atoms in total. The van der Waals surface area contributed by atoms with E-state index in [4.69, 9.17) is 4.74 Å². The number of unbranched alkanes of at least 4 members (excludes halogenated alkanes) is 6. The summed E-state index contributed by atoms with van der Waals surface area (Å²) in [6.45, 7) is 10.5. The molecule has 0 saturated carbocycles. The van der Waals surface area contributed by atoms with E-state index >= 15 is 0 Å². The maximum Gasteiger partial charge on any atom is 0.0465 e. The van der Waals surface area contributed by atoms with E-state index in [-0.39, 0.29) is 0 Å². The van der Waals surface area contributed by atoms with Crippen molar-refractivity contribution < 1.29 is 4.74 Å². The summed E-state index contributed by atoms with van der Waals surface area (Å²) in [5, 5.41) is 0. The van der Waals surface area contributed by atoms with Crippen molar-refractivity contribution in [3.8, 4) is 0 Å². The topological polar surface area (TPSA) is 9.23 Å². The summed E-state index contributed by atoms with van der Waals surface area (Å²) in [6, 6.07) is 0. The molecule has 0 unspecified atom stereocenters. The Hall–Kier alpha value is -0.0400. The number of ether oxygens (including phenoxy) is 1. The lowest BCUT2D eigenvalue weighted by atomic mass is 10.1. The molecule has 0 radical (unpaired) electrons. The lowest BCUT2D eigenvalue weighted by Gasteiger charge is -1.94. The highest BCUT2D eigenvalue weighted by molar-refractivity contribution is 4.39. The Balaban J connectivity index is 0. The first-order valence-electron chi connectivity index (χ1n) is 6.91. The van der Waals surface area contributed by atoms with E-state index in [9.17, 15) is 0 Å². The predicted octanol–water partition coefficient (Wildman–Crippen LogP) is 5.19. The summed E-state index contributed by atoms with van der Waals surface area (Å²) < 4.78 is 5.07. The maximum absolute atomic E-state index is 5.07. The van der Waals surface area contributed by atoms with Crippen LogP contribution in [0.1, 0.15) is 79.1 Å². The third-order valence-corrected chi connectivity index (χ3v) is 2.30. The zero-order valence-corrected chi connectivity index (χ0v) is 11.5. The second-order valence-electron chi connectivity index (χ2n) is 3.96. The van der Waals surface area contributed by atoms with Crippen molar-refractivity contribution in [1.82, 2.24) is 0 Å². The average Bonchev–Trinajstić information content (AvgIpc) is 2.26. The van der Waals surface area contributed by atoms with Crippen LogP contribution in [-0.2, 0) is 4.74 Å². The summed E-state index contributed by atoms with van der Waals surface area (Å²) in [4.78, 5) is 0. The van der Waals surface area contributed by atoms with Crippen molar-refractivity contribution >= 4 is 0 Å². The molecule has 0 N–H and O–H groups in total. The Morgan fingerprint density at radius 1 is 0.600 bits per heavy atom. The van der Waals surface area contributed by atoms with Gasteiger partial charge < -0.3 is 4.74 Å². The van der Waals surface area contributed by atoms with Crippen molar-refractivity contribution in [1.29, 1.82) is 0 Å². The Bertz CT molecular complexity index is 71.4. The van der Waals surface area contributed by atoms with Gasteiger partial charge in [-0.15, -0.1) is 0 Å². The molecule has 0 saturated heterocycles. The second kappa shape index (κ2) is 19.5. The van der Waals surface area contributed by atoms with Gasteiger partial charge in [-0.2, -0.15) is 0 Å². The molecular formula is C14H32O. The van der Waals surface area contributed by atoms with E-state index < -0.39 is 0 Å². The lowest BCUT2D eigenvalue weighted by molar-refractivity contribution is 0.144. The highest BCUT2D eigenvalue weighted by Gasteiger charge is 1.83. The molecule has 0 aromatic carbocycles. The summed E-state index contributed by atoms with van der Waals surface area (Å²) in [6.07, 6.45) is 10.9. The van der Waals surface area contributed by atoms with Gasteiger partial charge in [0.2, 0.25) is 0 Å². The molecular weight excluding hydrogens is 184 g/mol. The predicted molar refractivity (Wildman–Crippen MR) is 70.5 cm³/mol. The first kappa shape index (κ1) is 17.4. The largest absolute Gasteiger partial charge is 0.382 e. The van der Waals surface area contributed by atoms with Gasteiger partial charge in [0.25, 0.3) is 0 Å². The monoisotopic (exact) mass is 216 g/mol. The molecule has 0 rings (SSSR count). The van der Waals surface area contributed by atoms with Crippen LogP contribution in [0.4, 0.5) is 0 Å². The zero-order chi connectivity index (χ0) is 11.8. The summed E-state index contributed by atoms with van der Waals surface area (Å²) in [7, 11) is 0. The van der Waals surface area contributed by atoms with Crippen molar-refractivity contribution in [2.24, 2.45) is 0 Å². The standard InChI is InChI=1S/C8H18.C6H14O/c1-3-5-7-8-6-4-2;1-3-5-6-7-4-2/h3-8H2,1-2H3;3-6H2,1-2H3. The van der Waals surface area contributed by atoms with E-state index in [0.717, 1.165) is 13.2 Å². The fourth-order valence-electron chi connectivity index (χ4n) is 1.24. The number of hydrogen-bond donors (Lipinski definition) is 0. The molecule has 0 aliphatic carbocycles. The average molecular weight is 216 g/mol. The molecule has 94 valence electrons. The van der Waals surface area contributed by atoms with Crippen LogP contribution in [0, 0.1) is 0 Å². The fraction of sp³-hybridized carbons (Fsp3) is 1.00. The van der Waals surface area contributed by atoms with Gasteiger partial charge >= 0.3 is 0 Å². The van der Waals surface area contributed by atoms with Crippen LogP contribution in [-0.4, -0.2) is 13.2 Å². The Kier molecular flexibility index (Phi) is 22.6. The maximum atomic E-state index is 5.07. The highest BCUT2D eigenvalue weighted by atomic mass is 16.5. The molecule has 0 heterocycles. The van der Waals surface area contributed by atoms with Crippen LogP contribution >= 0.6 is 0 Å². The van der Waals surface area contributed by atoms with E-state index in [2.05, 4.69) is 20.8 Å². The van der Waals surface area contributed by atoms with Gasteiger partial charge in [-0.05, 0) is 13.3 Å². The van der Waals surface area contributed by atoms with E-state index in [1.54, 1.807) is 0 Å². The van der Waals surface area contributed by atoms with Crippen molar-refractivity contribution in [2.75, 3.05) is 13.2 Å². The molecule has 0 aromatic rings. The van der Waals surface area contributed by atoms with Crippen LogP contribution in [0.3, 0.4) is 0 Å². The van der Waals surface area contributed by atoms with Gasteiger partial charge in [-0.25, -0.2) is 0 Å². The van der Waals surface area contributed by atoms with Crippen LogP contribution in [0.2, 0.25) is 0 Å². The Labute approximate surface area is 97.6 Å².